The minimum atomic E-state index is 0.00111. The van der Waals surface area contributed by atoms with E-state index in [2.05, 4.69) is 15.3 Å². The highest BCUT2D eigenvalue weighted by molar-refractivity contribution is 5.91. The Bertz CT molecular complexity index is 316. The number of imidazole rings is 1. The lowest BCUT2D eigenvalue weighted by Gasteiger charge is -2.20. The molecular weight excluding hydrogens is 192 g/mol. The molecule has 1 atom stereocenters. The molecule has 0 bridgehead atoms. The zero-order valence-corrected chi connectivity index (χ0v) is 8.86. The van der Waals surface area contributed by atoms with E-state index >= 15 is 0 Å². The van der Waals surface area contributed by atoms with Crippen molar-refractivity contribution in [3.05, 3.63) is 18.2 Å². The van der Waals surface area contributed by atoms with Crippen LogP contribution in [0.5, 0.6) is 0 Å². The maximum absolute atomic E-state index is 11.8. The van der Waals surface area contributed by atoms with E-state index in [4.69, 9.17) is 0 Å². The molecule has 15 heavy (non-hydrogen) atoms. The molecule has 2 N–H and O–H groups in total. The van der Waals surface area contributed by atoms with Crippen LogP contribution in [0.1, 0.15) is 23.3 Å². The number of nitrogens with zero attached hydrogens (tertiary/aromatic N) is 2. The number of amides is 1. The molecule has 1 fully saturated rings. The minimum Gasteiger partial charge on any atom is -0.341 e. The number of aromatic amines is 1. The second kappa shape index (κ2) is 4.44. The molecule has 1 saturated heterocycles. The third-order valence-electron chi connectivity index (χ3n) is 2.73. The topological polar surface area (TPSA) is 61.0 Å². The monoisotopic (exact) mass is 208 g/mol. The molecule has 82 valence electrons. The Morgan fingerprint density at radius 3 is 3.20 bits per heavy atom. The highest BCUT2D eigenvalue weighted by Gasteiger charge is 2.19. The van der Waals surface area contributed by atoms with Crippen molar-refractivity contribution in [2.24, 2.45) is 0 Å². The van der Waals surface area contributed by atoms with Crippen molar-refractivity contribution in [1.29, 1.82) is 0 Å². The van der Waals surface area contributed by atoms with Gasteiger partial charge in [0.1, 0.15) is 5.69 Å². The Labute approximate surface area is 88.9 Å². The first-order chi connectivity index (χ1) is 7.27. The fourth-order valence-corrected chi connectivity index (χ4v) is 1.90. The Hall–Kier alpha value is -1.36. The SMILES string of the molecule is CN(CC1CCCN1)C(=O)c1cnc[nH]1. The average Bonchev–Trinajstić information content (AvgIpc) is 2.88. The molecule has 0 saturated carbocycles. The first-order valence-electron chi connectivity index (χ1n) is 5.24. The summed E-state index contributed by atoms with van der Waals surface area (Å²) in [5.41, 5.74) is 0.551. The van der Waals surface area contributed by atoms with E-state index < -0.39 is 0 Å². The molecule has 1 aromatic rings. The number of hydrogen-bond acceptors (Lipinski definition) is 3. The van der Waals surface area contributed by atoms with E-state index in [1.54, 1.807) is 11.1 Å². The van der Waals surface area contributed by atoms with E-state index in [9.17, 15) is 4.79 Å². The van der Waals surface area contributed by atoms with E-state index in [0.717, 1.165) is 19.5 Å². The van der Waals surface area contributed by atoms with Crippen LogP contribution >= 0.6 is 0 Å². The maximum atomic E-state index is 11.8. The molecule has 0 aromatic carbocycles. The van der Waals surface area contributed by atoms with Crippen molar-refractivity contribution in [3.63, 3.8) is 0 Å². The van der Waals surface area contributed by atoms with Gasteiger partial charge in [-0.3, -0.25) is 4.79 Å². The van der Waals surface area contributed by atoms with Gasteiger partial charge in [0.25, 0.3) is 5.91 Å². The van der Waals surface area contributed by atoms with Crippen LogP contribution in [0.15, 0.2) is 12.5 Å². The summed E-state index contributed by atoms with van der Waals surface area (Å²) in [6.45, 7) is 1.83. The van der Waals surface area contributed by atoms with E-state index in [1.807, 2.05) is 7.05 Å². The minimum absolute atomic E-state index is 0.00111. The van der Waals surface area contributed by atoms with Gasteiger partial charge in [0, 0.05) is 19.6 Å². The average molecular weight is 208 g/mol. The second-order valence-electron chi connectivity index (χ2n) is 3.94. The lowest BCUT2D eigenvalue weighted by molar-refractivity contribution is 0.0778. The van der Waals surface area contributed by atoms with Gasteiger partial charge >= 0.3 is 0 Å². The molecule has 1 amide bonds. The van der Waals surface area contributed by atoms with E-state index in [-0.39, 0.29) is 5.91 Å². The quantitative estimate of drug-likeness (QED) is 0.747. The molecule has 5 nitrogen and oxygen atoms in total. The van der Waals surface area contributed by atoms with E-state index in [1.165, 1.54) is 12.7 Å². The van der Waals surface area contributed by atoms with Crippen molar-refractivity contribution < 1.29 is 4.79 Å². The fraction of sp³-hybridized carbons (Fsp3) is 0.600. The van der Waals surface area contributed by atoms with Gasteiger partial charge in [-0.25, -0.2) is 4.98 Å². The smallest absolute Gasteiger partial charge is 0.271 e. The summed E-state index contributed by atoms with van der Waals surface area (Å²) in [4.78, 5) is 20.2. The Kier molecular flexibility index (Phi) is 3.01. The van der Waals surface area contributed by atoms with Crippen LogP contribution in [0.2, 0.25) is 0 Å². The van der Waals surface area contributed by atoms with Gasteiger partial charge in [-0.1, -0.05) is 0 Å². The zero-order chi connectivity index (χ0) is 10.7. The molecule has 5 heteroatoms. The number of H-pyrrole nitrogens is 1. The molecular formula is C10H16N4O. The summed E-state index contributed by atoms with van der Waals surface area (Å²) in [6, 6.07) is 0.446. The van der Waals surface area contributed by atoms with Crippen LogP contribution < -0.4 is 5.32 Å². The van der Waals surface area contributed by atoms with Crippen LogP contribution in [-0.4, -0.2) is 47.0 Å². The third kappa shape index (κ3) is 2.36. The summed E-state index contributed by atoms with van der Waals surface area (Å²) < 4.78 is 0. The van der Waals surface area contributed by atoms with Crippen molar-refractivity contribution >= 4 is 5.91 Å². The van der Waals surface area contributed by atoms with Crippen LogP contribution in [0.3, 0.4) is 0 Å². The molecule has 0 radical (unpaired) electrons. The third-order valence-corrected chi connectivity index (χ3v) is 2.73. The van der Waals surface area contributed by atoms with Gasteiger partial charge in [-0.15, -0.1) is 0 Å². The largest absolute Gasteiger partial charge is 0.341 e. The summed E-state index contributed by atoms with van der Waals surface area (Å²) in [7, 11) is 1.82. The molecule has 1 aliphatic rings. The summed E-state index contributed by atoms with van der Waals surface area (Å²) in [5, 5.41) is 3.37. The zero-order valence-electron chi connectivity index (χ0n) is 8.86. The fourth-order valence-electron chi connectivity index (χ4n) is 1.90. The van der Waals surface area contributed by atoms with Crippen LogP contribution in [-0.2, 0) is 0 Å². The molecule has 0 aliphatic carbocycles. The van der Waals surface area contributed by atoms with Crippen molar-refractivity contribution in [2.45, 2.75) is 18.9 Å². The second-order valence-corrected chi connectivity index (χ2v) is 3.94. The van der Waals surface area contributed by atoms with Gasteiger partial charge in [0.2, 0.25) is 0 Å². The standard InChI is InChI=1S/C10H16N4O/c1-14(6-8-3-2-4-12-8)10(15)9-5-11-7-13-9/h5,7-8,12H,2-4,6H2,1H3,(H,11,13). The normalized spacial score (nSPS) is 20.5. The lowest BCUT2D eigenvalue weighted by atomic mass is 10.2. The summed E-state index contributed by atoms with van der Waals surface area (Å²) >= 11 is 0. The van der Waals surface area contributed by atoms with Crippen molar-refractivity contribution in [3.8, 4) is 0 Å². The van der Waals surface area contributed by atoms with Gasteiger partial charge < -0.3 is 15.2 Å². The molecule has 1 aliphatic heterocycles. The predicted octanol–water partition coefficient (Wildman–Crippen LogP) is 0.234. The van der Waals surface area contributed by atoms with Crippen molar-refractivity contribution in [2.75, 3.05) is 20.1 Å². The molecule has 2 heterocycles. The predicted molar refractivity (Wildman–Crippen MR) is 56.6 cm³/mol. The number of aromatic nitrogens is 2. The van der Waals surface area contributed by atoms with Gasteiger partial charge in [-0.2, -0.15) is 0 Å². The summed E-state index contributed by atoms with van der Waals surface area (Å²) in [5.74, 6) is 0.00111. The van der Waals surface area contributed by atoms with Crippen molar-refractivity contribution in [1.82, 2.24) is 20.2 Å². The molecule has 2 rings (SSSR count). The highest BCUT2D eigenvalue weighted by Crippen LogP contribution is 2.07. The Morgan fingerprint density at radius 2 is 2.60 bits per heavy atom. The molecule has 1 unspecified atom stereocenters. The van der Waals surface area contributed by atoms with Crippen LogP contribution in [0, 0.1) is 0 Å². The van der Waals surface area contributed by atoms with Gasteiger partial charge in [0.15, 0.2) is 0 Å². The number of nitrogens with one attached hydrogen (secondary N) is 2. The highest BCUT2D eigenvalue weighted by atomic mass is 16.2. The number of likely N-dealkylation sites (N-methyl/N-ethyl adjacent to an activating group) is 1. The molecule has 1 aromatic heterocycles. The number of hydrogen-bond donors (Lipinski definition) is 2. The van der Waals surface area contributed by atoms with Gasteiger partial charge in [0.05, 0.1) is 12.5 Å². The number of rotatable bonds is 3. The Balaban J connectivity index is 1.90. The van der Waals surface area contributed by atoms with E-state index in [0.29, 0.717) is 11.7 Å². The number of carbonyl (C=O) groups excluding carboxylic acids is 1. The van der Waals surface area contributed by atoms with Crippen LogP contribution in [0.4, 0.5) is 0 Å². The lowest BCUT2D eigenvalue weighted by Crippen LogP contribution is -2.38. The summed E-state index contributed by atoms with van der Waals surface area (Å²) in [6.07, 6.45) is 5.44. The Morgan fingerprint density at radius 1 is 1.73 bits per heavy atom. The first-order valence-corrected chi connectivity index (χ1v) is 5.24. The van der Waals surface area contributed by atoms with Gasteiger partial charge in [-0.05, 0) is 19.4 Å². The maximum Gasteiger partial charge on any atom is 0.271 e. The first kappa shape index (κ1) is 10.2. The molecule has 0 spiro atoms. The van der Waals surface area contributed by atoms with Crippen LogP contribution in [0.25, 0.3) is 0 Å². The number of carbonyl (C=O) groups is 1.